The number of aliphatic hydroxyl groups excluding tert-OH is 1. The lowest BCUT2D eigenvalue weighted by atomic mass is 9.69. The van der Waals surface area contributed by atoms with Crippen LogP contribution in [-0.2, 0) is 11.0 Å². The zero-order valence-corrected chi connectivity index (χ0v) is 23.7. The van der Waals surface area contributed by atoms with Crippen LogP contribution in [0.3, 0.4) is 0 Å². The van der Waals surface area contributed by atoms with E-state index in [0.717, 1.165) is 30.5 Å². The van der Waals surface area contributed by atoms with E-state index in [1.165, 1.54) is 12.1 Å². The molecule has 4 rings (SSSR count). The molecule has 9 heteroatoms. The molecule has 1 heterocycles. The van der Waals surface area contributed by atoms with Gasteiger partial charge >= 0.3 is 6.18 Å². The molecule has 0 saturated heterocycles. The Morgan fingerprint density at radius 2 is 1.73 bits per heavy atom. The van der Waals surface area contributed by atoms with Crippen molar-refractivity contribution in [1.29, 1.82) is 0 Å². The van der Waals surface area contributed by atoms with E-state index in [-0.39, 0.29) is 41.2 Å². The van der Waals surface area contributed by atoms with Crippen LogP contribution in [0, 0.1) is 11.3 Å². The standard InChI is InChI=1S/C31H38F3N3O3/c1-19(18-38)35-27(39)22-11-9-21(10-12-22)20(2)37-28(40)26(23-7-6-8-25(17-23)31(32,33)34)36-30(37)15-13-24(14-16-30)29(3,4)5/h6-12,17,19-20,24,38H,13-16,18H2,1-5H3,(H,35,39)/t19?,20-,24?,30?/m1/s1. The summed E-state index contributed by atoms with van der Waals surface area (Å²) in [6.45, 7) is 10.0. The van der Waals surface area contributed by atoms with Crippen LogP contribution in [0.15, 0.2) is 53.5 Å². The molecule has 2 amide bonds. The quantitative estimate of drug-likeness (QED) is 0.448. The summed E-state index contributed by atoms with van der Waals surface area (Å²) in [4.78, 5) is 33.1. The van der Waals surface area contributed by atoms with Crippen LogP contribution in [0.5, 0.6) is 0 Å². The highest BCUT2D eigenvalue weighted by Crippen LogP contribution is 2.49. The molecule has 2 aromatic rings. The fourth-order valence-corrected chi connectivity index (χ4v) is 5.89. The van der Waals surface area contributed by atoms with Gasteiger partial charge in [-0.2, -0.15) is 13.2 Å². The number of amides is 2. The Morgan fingerprint density at radius 3 is 2.27 bits per heavy atom. The largest absolute Gasteiger partial charge is 0.416 e. The van der Waals surface area contributed by atoms with Crippen molar-refractivity contribution in [3.63, 3.8) is 0 Å². The number of nitrogens with zero attached hydrogens (tertiary/aromatic N) is 2. The molecule has 0 aromatic heterocycles. The summed E-state index contributed by atoms with van der Waals surface area (Å²) in [6, 6.07) is 10.9. The Morgan fingerprint density at radius 1 is 1.10 bits per heavy atom. The van der Waals surface area contributed by atoms with Gasteiger partial charge in [-0.15, -0.1) is 0 Å². The van der Waals surface area contributed by atoms with E-state index >= 15 is 0 Å². The smallest absolute Gasteiger partial charge is 0.394 e. The van der Waals surface area contributed by atoms with Crippen molar-refractivity contribution in [1.82, 2.24) is 10.2 Å². The molecular weight excluding hydrogens is 519 g/mol. The van der Waals surface area contributed by atoms with Gasteiger partial charge < -0.3 is 15.3 Å². The van der Waals surface area contributed by atoms with Crippen molar-refractivity contribution < 1.29 is 27.9 Å². The summed E-state index contributed by atoms with van der Waals surface area (Å²) in [5.74, 6) is -0.262. The third-order valence-electron chi connectivity index (χ3n) is 8.36. The second-order valence-electron chi connectivity index (χ2n) is 12.2. The molecule has 1 aliphatic heterocycles. The number of aliphatic hydroxyl groups is 1. The molecule has 2 aromatic carbocycles. The number of nitrogens with one attached hydrogen (secondary N) is 1. The lowest BCUT2D eigenvalue weighted by molar-refractivity contribution is -0.137. The second kappa shape index (κ2) is 11.0. The van der Waals surface area contributed by atoms with Crippen molar-refractivity contribution in [2.75, 3.05) is 6.61 Å². The van der Waals surface area contributed by atoms with Crippen molar-refractivity contribution in [3.8, 4) is 0 Å². The molecule has 0 radical (unpaired) electrons. The van der Waals surface area contributed by atoms with E-state index in [2.05, 4.69) is 26.1 Å². The number of hydrogen-bond acceptors (Lipinski definition) is 4. The number of rotatable bonds is 6. The van der Waals surface area contributed by atoms with Crippen LogP contribution >= 0.6 is 0 Å². The van der Waals surface area contributed by atoms with Gasteiger partial charge in [0.15, 0.2) is 0 Å². The number of alkyl halides is 3. The Hall–Kier alpha value is -3.20. The minimum Gasteiger partial charge on any atom is -0.394 e. The molecule has 6 nitrogen and oxygen atoms in total. The number of carbonyl (C=O) groups excluding carboxylic acids is 2. The fourth-order valence-electron chi connectivity index (χ4n) is 5.89. The zero-order chi connectivity index (χ0) is 29.5. The lowest BCUT2D eigenvalue weighted by Gasteiger charge is -2.46. The van der Waals surface area contributed by atoms with Crippen molar-refractivity contribution >= 4 is 17.5 Å². The topological polar surface area (TPSA) is 82.0 Å². The maximum absolute atomic E-state index is 14.0. The number of hydrogen-bond donors (Lipinski definition) is 2. The monoisotopic (exact) mass is 557 g/mol. The van der Waals surface area contributed by atoms with E-state index in [4.69, 9.17) is 4.99 Å². The Labute approximate surface area is 233 Å². The van der Waals surface area contributed by atoms with Gasteiger partial charge in [-0.3, -0.25) is 14.6 Å². The molecule has 0 bridgehead atoms. The molecule has 2 N–H and O–H groups in total. The molecule has 2 atom stereocenters. The van der Waals surface area contributed by atoms with Crippen molar-refractivity contribution in [3.05, 3.63) is 70.8 Å². The van der Waals surface area contributed by atoms with Crippen LogP contribution in [0.25, 0.3) is 0 Å². The highest BCUT2D eigenvalue weighted by molar-refractivity contribution is 6.46. The predicted octanol–water partition coefficient (Wildman–Crippen LogP) is 6.14. The fraction of sp³-hybridized carbons (Fsp3) is 0.516. The highest BCUT2D eigenvalue weighted by Gasteiger charge is 2.52. The van der Waals surface area contributed by atoms with Gasteiger partial charge in [-0.25, -0.2) is 0 Å². The van der Waals surface area contributed by atoms with Gasteiger partial charge in [-0.05, 0) is 80.7 Å². The summed E-state index contributed by atoms with van der Waals surface area (Å²) in [7, 11) is 0. The third kappa shape index (κ3) is 5.94. The summed E-state index contributed by atoms with van der Waals surface area (Å²) in [6.07, 6.45) is -1.60. The first kappa shape index (κ1) is 29.8. The van der Waals surface area contributed by atoms with Crippen LogP contribution in [0.4, 0.5) is 13.2 Å². The number of halogens is 3. The van der Waals surface area contributed by atoms with E-state index in [9.17, 15) is 27.9 Å². The van der Waals surface area contributed by atoms with Crippen molar-refractivity contribution in [2.24, 2.45) is 16.3 Å². The number of carbonyl (C=O) groups is 2. The average molecular weight is 558 g/mol. The molecular formula is C31H38F3N3O3. The SMILES string of the molecule is CC(CO)NC(=O)c1ccc([C@@H](C)N2C(=O)C(c3cccc(C(F)(F)F)c3)=NC23CCC(C(C)(C)C)CC3)cc1. The van der Waals surface area contributed by atoms with E-state index in [0.29, 0.717) is 24.3 Å². The Balaban J connectivity index is 1.68. The van der Waals surface area contributed by atoms with Crippen LogP contribution in [0.2, 0.25) is 0 Å². The van der Waals surface area contributed by atoms with Gasteiger partial charge in [0.1, 0.15) is 11.4 Å². The molecule has 1 unspecified atom stereocenters. The molecule has 1 aliphatic carbocycles. The average Bonchev–Trinajstić information content (AvgIpc) is 3.18. The Kier molecular flexibility index (Phi) is 8.18. The first-order valence-corrected chi connectivity index (χ1v) is 13.8. The minimum atomic E-state index is -4.53. The normalized spacial score (nSPS) is 23.2. The molecule has 1 saturated carbocycles. The number of aliphatic imine (C=N–C) groups is 1. The zero-order valence-electron chi connectivity index (χ0n) is 23.7. The maximum Gasteiger partial charge on any atom is 0.416 e. The van der Waals surface area contributed by atoms with Gasteiger partial charge in [0.05, 0.1) is 18.2 Å². The first-order chi connectivity index (χ1) is 18.7. The predicted molar refractivity (Wildman–Crippen MR) is 148 cm³/mol. The summed E-state index contributed by atoms with van der Waals surface area (Å²) in [5, 5.41) is 11.9. The molecule has 1 fully saturated rings. The third-order valence-corrected chi connectivity index (χ3v) is 8.36. The second-order valence-corrected chi connectivity index (χ2v) is 12.2. The van der Waals surface area contributed by atoms with Crippen LogP contribution in [-0.4, -0.2) is 45.8 Å². The van der Waals surface area contributed by atoms with E-state index in [1.807, 2.05) is 6.92 Å². The van der Waals surface area contributed by atoms with Gasteiger partial charge in [-0.1, -0.05) is 45.0 Å². The van der Waals surface area contributed by atoms with Crippen LogP contribution in [0.1, 0.15) is 93.4 Å². The van der Waals surface area contributed by atoms with E-state index in [1.54, 1.807) is 36.1 Å². The molecule has 1 spiro atoms. The minimum absolute atomic E-state index is 0.0566. The van der Waals surface area contributed by atoms with Gasteiger partial charge in [0.2, 0.25) is 0 Å². The summed E-state index contributed by atoms with van der Waals surface area (Å²) in [5.41, 5.74) is -0.143. The first-order valence-electron chi connectivity index (χ1n) is 13.8. The van der Waals surface area contributed by atoms with Gasteiger partial charge in [0, 0.05) is 17.2 Å². The lowest BCUT2D eigenvalue weighted by Crippen LogP contribution is -2.50. The molecule has 216 valence electrons. The number of benzene rings is 2. The highest BCUT2D eigenvalue weighted by atomic mass is 19.4. The van der Waals surface area contributed by atoms with Crippen LogP contribution < -0.4 is 5.32 Å². The summed E-state index contributed by atoms with van der Waals surface area (Å²) < 4.78 is 40.5. The maximum atomic E-state index is 14.0. The summed E-state index contributed by atoms with van der Waals surface area (Å²) >= 11 is 0. The Bertz CT molecular complexity index is 1270. The molecule has 2 aliphatic rings. The van der Waals surface area contributed by atoms with Crippen molar-refractivity contribution in [2.45, 2.75) is 84.2 Å². The van der Waals surface area contributed by atoms with E-state index < -0.39 is 23.4 Å². The molecule has 40 heavy (non-hydrogen) atoms. The van der Waals surface area contributed by atoms with Gasteiger partial charge in [0.25, 0.3) is 11.8 Å².